The second kappa shape index (κ2) is 3.54. The number of benzene rings is 1. The zero-order valence-corrected chi connectivity index (χ0v) is 8.53. The van der Waals surface area contributed by atoms with Crippen molar-refractivity contribution in [3.63, 3.8) is 0 Å². The van der Waals surface area contributed by atoms with E-state index in [1.54, 1.807) is 18.2 Å². The molecule has 1 aromatic carbocycles. The molecular weight excluding hydrogens is 214 g/mol. The summed E-state index contributed by atoms with van der Waals surface area (Å²) in [5.74, 6) is -0.115. The Labute approximate surface area is 91.8 Å². The van der Waals surface area contributed by atoms with E-state index in [9.17, 15) is 4.79 Å². The number of carbonyl (C=O) groups excluding carboxylic acids is 1. The zero-order chi connectivity index (χ0) is 11.0. The van der Waals surface area contributed by atoms with Crippen molar-refractivity contribution in [3.05, 3.63) is 28.8 Å². The molecule has 5 heteroatoms. The van der Waals surface area contributed by atoms with Gasteiger partial charge in [-0.25, -0.2) is 0 Å². The summed E-state index contributed by atoms with van der Waals surface area (Å²) in [6, 6.07) is 6.44. The third kappa shape index (κ3) is 1.56. The van der Waals surface area contributed by atoms with E-state index in [0.717, 1.165) is 0 Å². The first-order valence-corrected chi connectivity index (χ1v) is 4.78. The van der Waals surface area contributed by atoms with Gasteiger partial charge in [-0.3, -0.25) is 4.79 Å². The van der Waals surface area contributed by atoms with E-state index in [0.29, 0.717) is 22.8 Å². The van der Waals surface area contributed by atoms with Gasteiger partial charge in [-0.2, -0.15) is 5.26 Å². The number of anilines is 1. The van der Waals surface area contributed by atoms with E-state index in [1.165, 1.54) is 4.90 Å². The number of nitrogens with zero attached hydrogens (tertiary/aromatic N) is 2. The SMILES string of the molecule is N#Cc1ccc(N2CC(N)C2=O)cc1Cl. The molecule has 1 aromatic rings. The topological polar surface area (TPSA) is 70.1 Å². The van der Waals surface area contributed by atoms with Crippen LogP contribution in [0, 0.1) is 11.3 Å². The predicted molar refractivity (Wildman–Crippen MR) is 56.5 cm³/mol. The molecule has 1 fully saturated rings. The molecule has 0 aromatic heterocycles. The highest BCUT2D eigenvalue weighted by Crippen LogP contribution is 2.26. The van der Waals surface area contributed by atoms with Crippen molar-refractivity contribution < 1.29 is 4.79 Å². The third-order valence-corrected chi connectivity index (χ3v) is 2.66. The van der Waals surface area contributed by atoms with Crippen LogP contribution in [0.1, 0.15) is 5.56 Å². The Kier molecular flexibility index (Phi) is 2.35. The van der Waals surface area contributed by atoms with Crippen LogP contribution in [0.5, 0.6) is 0 Å². The molecule has 1 atom stereocenters. The molecule has 0 aliphatic carbocycles. The van der Waals surface area contributed by atoms with Crippen LogP contribution < -0.4 is 10.6 Å². The number of hydrogen-bond acceptors (Lipinski definition) is 3. The largest absolute Gasteiger partial charge is 0.318 e. The van der Waals surface area contributed by atoms with Crippen LogP contribution in [0.2, 0.25) is 5.02 Å². The van der Waals surface area contributed by atoms with Crippen molar-refractivity contribution in [2.45, 2.75) is 6.04 Å². The van der Waals surface area contributed by atoms with Crippen molar-refractivity contribution >= 4 is 23.2 Å². The zero-order valence-electron chi connectivity index (χ0n) is 7.77. The van der Waals surface area contributed by atoms with E-state index in [2.05, 4.69) is 0 Å². The summed E-state index contributed by atoms with van der Waals surface area (Å²) < 4.78 is 0. The molecule has 1 heterocycles. The summed E-state index contributed by atoms with van der Waals surface area (Å²) in [6.07, 6.45) is 0. The molecule has 0 spiro atoms. The fourth-order valence-electron chi connectivity index (χ4n) is 1.45. The van der Waals surface area contributed by atoms with Gasteiger partial charge in [-0.05, 0) is 18.2 Å². The van der Waals surface area contributed by atoms with E-state index < -0.39 is 6.04 Å². The van der Waals surface area contributed by atoms with Crippen LogP contribution in [0.3, 0.4) is 0 Å². The van der Waals surface area contributed by atoms with Crippen LogP contribution in [0.4, 0.5) is 5.69 Å². The van der Waals surface area contributed by atoms with Gasteiger partial charge in [0.2, 0.25) is 5.91 Å². The average molecular weight is 222 g/mol. The molecule has 1 aliphatic rings. The minimum Gasteiger partial charge on any atom is -0.318 e. The highest BCUT2D eigenvalue weighted by molar-refractivity contribution is 6.32. The first-order valence-electron chi connectivity index (χ1n) is 4.40. The number of amides is 1. The lowest BCUT2D eigenvalue weighted by Crippen LogP contribution is -2.61. The molecule has 0 bridgehead atoms. The molecule has 76 valence electrons. The van der Waals surface area contributed by atoms with E-state index >= 15 is 0 Å². The Morgan fingerprint density at radius 3 is 2.80 bits per heavy atom. The van der Waals surface area contributed by atoms with E-state index in [1.807, 2.05) is 6.07 Å². The number of β-lactam (4-membered cyclic amide) rings is 1. The molecule has 1 amide bonds. The summed E-state index contributed by atoms with van der Waals surface area (Å²) in [4.78, 5) is 12.9. The van der Waals surface area contributed by atoms with Crippen LogP contribution in [-0.2, 0) is 4.79 Å². The summed E-state index contributed by atoms with van der Waals surface area (Å²) in [5.41, 5.74) is 6.55. The standard InChI is InChI=1S/C10H8ClN3O/c11-8-3-7(2-1-6(8)4-12)14-5-9(13)10(14)15/h1-3,9H,5,13H2. The second-order valence-corrected chi connectivity index (χ2v) is 3.74. The lowest BCUT2D eigenvalue weighted by Gasteiger charge is -2.36. The monoisotopic (exact) mass is 221 g/mol. The molecule has 1 aliphatic heterocycles. The molecule has 15 heavy (non-hydrogen) atoms. The number of halogens is 1. The lowest BCUT2D eigenvalue weighted by molar-refractivity contribution is -0.123. The molecule has 2 N–H and O–H groups in total. The van der Waals surface area contributed by atoms with Crippen LogP contribution in [-0.4, -0.2) is 18.5 Å². The van der Waals surface area contributed by atoms with E-state index in [-0.39, 0.29) is 5.91 Å². The van der Waals surface area contributed by atoms with Crippen molar-refractivity contribution in [2.75, 3.05) is 11.4 Å². The Morgan fingerprint density at radius 2 is 2.33 bits per heavy atom. The van der Waals surface area contributed by atoms with Crippen LogP contribution in [0.15, 0.2) is 18.2 Å². The summed E-state index contributed by atoms with van der Waals surface area (Å²) in [6.45, 7) is 0.501. The van der Waals surface area contributed by atoms with Crippen molar-refractivity contribution in [1.29, 1.82) is 5.26 Å². The van der Waals surface area contributed by atoms with Crippen molar-refractivity contribution in [2.24, 2.45) is 5.73 Å². The van der Waals surface area contributed by atoms with Gasteiger partial charge in [0.1, 0.15) is 12.1 Å². The van der Waals surface area contributed by atoms with Gasteiger partial charge in [0.25, 0.3) is 0 Å². The van der Waals surface area contributed by atoms with E-state index in [4.69, 9.17) is 22.6 Å². The number of carbonyl (C=O) groups is 1. The summed E-state index contributed by atoms with van der Waals surface area (Å²) in [5, 5.41) is 9.03. The Morgan fingerprint density at radius 1 is 1.60 bits per heavy atom. The maximum absolute atomic E-state index is 11.3. The number of nitriles is 1. The molecule has 2 rings (SSSR count). The Balaban J connectivity index is 2.29. The molecule has 4 nitrogen and oxygen atoms in total. The molecule has 1 unspecified atom stereocenters. The quantitative estimate of drug-likeness (QED) is 0.716. The Hall–Kier alpha value is -1.57. The normalized spacial score (nSPS) is 19.7. The Bertz CT molecular complexity index is 466. The maximum Gasteiger partial charge on any atom is 0.245 e. The minimum absolute atomic E-state index is 0.115. The van der Waals surface area contributed by atoms with Gasteiger partial charge in [0, 0.05) is 5.69 Å². The van der Waals surface area contributed by atoms with Gasteiger partial charge in [-0.15, -0.1) is 0 Å². The second-order valence-electron chi connectivity index (χ2n) is 3.33. The summed E-state index contributed by atoms with van der Waals surface area (Å²) in [7, 11) is 0. The molecule has 1 saturated heterocycles. The lowest BCUT2D eigenvalue weighted by atomic mass is 10.1. The van der Waals surface area contributed by atoms with Crippen molar-refractivity contribution in [3.8, 4) is 6.07 Å². The fraction of sp³-hybridized carbons (Fsp3) is 0.200. The number of nitrogens with two attached hydrogens (primary N) is 1. The maximum atomic E-state index is 11.3. The minimum atomic E-state index is -0.403. The highest BCUT2D eigenvalue weighted by atomic mass is 35.5. The third-order valence-electron chi connectivity index (χ3n) is 2.35. The van der Waals surface area contributed by atoms with Crippen LogP contribution in [0.25, 0.3) is 0 Å². The molecule has 0 radical (unpaired) electrons. The predicted octanol–water partition coefficient (Wildman–Crippen LogP) is 0.886. The van der Waals surface area contributed by atoms with Gasteiger partial charge >= 0.3 is 0 Å². The van der Waals surface area contributed by atoms with Gasteiger partial charge < -0.3 is 10.6 Å². The molecule has 0 saturated carbocycles. The number of rotatable bonds is 1. The fourth-order valence-corrected chi connectivity index (χ4v) is 1.66. The first kappa shape index (κ1) is 9.97. The van der Waals surface area contributed by atoms with Gasteiger partial charge in [-0.1, -0.05) is 11.6 Å². The average Bonchev–Trinajstić information content (AvgIpc) is 2.25. The summed E-state index contributed by atoms with van der Waals surface area (Å²) >= 11 is 5.85. The van der Waals surface area contributed by atoms with Crippen LogP contribution >= 0.6 is 11.6 Å². The highest BCUT2D eigenvalue weighted by Gasteiger charge is 2.34. The first-order chi connectivity index (χ1) is 7.13. The molecular formula is C10H8ClN3O. The van der Waals surface area contributed by atoms with Gasteiger partial charge in [0.05, 0.1) is 17.1 Å². The van der Waals surface area contributed by atoms with Gasteiger partial charge in [0.15, 0.2) is 0 Å². The van der Waals surface area contributed by atoms with Crippen molar-refractivity contribution in [1.82, 2.24) is 0 Å². The number of hydrogen-bond donors (Lipinski definition) is 1. The smallest absolute Gasteiger partial charge is 0.245 e.